The van der Waals surface area contributed by atoms with Crippen molar-refractivity contribution in [2.45, 2.75) is 20.4 Å². The van der Waals surface area contributed by atoms with E-state index in [0.717, 1.165) is 25.2 Å². The Morgan fingerprint density at radius 2 is 1.84 bits per heavy atom. The maximum atomic E-state index is 6.19. The Morgan fingerprint density at radius 1 is 1.11 bits per heavy atom. The van der Waals surface area contributed by atoms with Crippen LogP contribution < -0.4 is 5.32 Å². The molecule has 0 fully saturated rings. The Balaban J connectivity index is 2.21. The Labute approximate surface area is 135 Å². The summed E-state index contributed by atoms with van der Waals surface area (Å²) < 4.78 is 2.12. The first-order valence-electron chi connectivity index (χ1n) is 5.92. The first kappa shape index (κ1) is 14.9. The molecule has 2 aromatic rings. The summed E-state index contributed by atoms with van der Waals surface area (Å²) in [6.45, 7) is 4.89. The molecule has 0 radical (unpaired) electrons. The van der Waals surface area contributed by atoms with Gasteiger partial charge in [-0.1, -0.05) is 33.6 Å². The van der Waals surface area contributed by atoms with Gasteiger partial charge < -0.3 is 5.32 Å². The van der Waals surface area contributed by atoms with Gasteiger partial charge in [0, 0.05) is 20.5 Å². The van der Waals surface area contributed by atoms with Gasteiger partial charge in [0.2, 0.25) is 0 Å². The first-order chi connectivity index (χ1) is 8.97. The summed E-state index contributed by atoms with van der Waals surface area (Å²) in [5.41, 5.74) is 4.65. The number of nitrogens with one attached hydrogen (secondary N) is 1. The lowest BCUT2D eigenvalue weighted by molar-refractivity contribution is 1.13. The van der Waals surface area contributed by atoms with E-state index in [0.29, 0.717) is 6.54 Å². The van der Waals surface area contributed by atoms with Crippen molar-refractivity contribution in [3.8, 4) is 0 Å². The SMILES string of the molecule is Cc1cc(C)c(NCc2cc(Br)ccc2Cl)c(Br)c1. The predicted molar refractivity (Wildman–Crippen MR) is 90.1 cm³/mol. The maximum Gasteiger partial charge on any atom is 0.0517 e. The number of halogens is 3. The van der Waals surface area contributed by atoms with Crippen LogP contribution >= 0.6 is 43.5 Å². The minimum atomic E-state index is 0.695. The third-order valence-electron chi connectivity index (χ3n) is 2.90. The molecule has 0 aromatic heterocycles. The number of hydrogen-bond donors (Lipinski definition) is 1. The van der Waals surface area contributed by atoms with Crippen LogP contribution in [-0.4, -0.2) is 0 Å². The Kier molecular flexibility index (Phi) is 4.93. The van der Waals surface area contributed by atoms with E-state index in [2.05, 4.69) is 63.2 Å². The molecule has 0 bridgehead atoms. The Bertz CT molecular complexity index is 588. The zero-order valence-corrected chi connectivity index (χ0v) is 14.7. The van der Waals surface area contributed by atoms with Crippen LogP contribution in [0, 0.1) is 13.8 Å². The molecular formula is C15H14Br2ClN. The van der Waals surface area contributed by atoms with Gasteiger partial charge in [-0.3, -0.25) is 0 Å². The second-order valence-electron chi connectivity index (χ2n) is 4.53. The lowest BCUT2D eigenvalue weighted by atomic mass is 10.1. The van der Waals surface area contributed by atoms with Gasteiger partial charge in [-0.25, -0.2) is 0 Å². The van der Waals surface area contributed by atoms with E-state index in [9.17, 15) is 0 Å². The van der Waals surface area contributed by atoms with Crippen LogP contribution in [0.5, 0.6) is 0 Å². The van der Waals surface area contributed by atoms with E-state index in [1.807, 2.05) is 18.2 Å². The molecule has 4 heteroatoms. The molecule has 0 saturated heterocycles. The summed E-state index contributed by atoms with van der Waals surface area (Å²) >= 11 is 13.3. The monoisotopic (exact) mass is 401 g/mol. The molecule has 0 amide bonds. The van der Waals surface area contributed by atoms with Gasteiger partial charge in [0.05, 0.1) is 5.69 Å². The van der Waals surface area contributed by atoms with E-state index in [-0.39, 0.29) is 0 Å². The Morgan fingerprint density at radius 3 is 2.53 bits per heavy atom. The van der Waals surface area contributed by atoms with E-state index in [1.54, 1.807) is 0 Å². The summed E-state index contributed by atoms with van der Waals surface area (Å²) in [7, 11) is 0. The molecule has 1 nitrogen and oxygen atoms in total. The van der Waals surface area contributed by atoms with Crippen molar-refractivity contribution in [3.63, 3.8) is 0 Å². The molecule has 19 heavy (non-hydrogen) atoms. The van der Waals surface area contributed by atoms with Gasteiger partial charge in [-0.2, -0.15) is 0 Å². The lowest BCUT2D eigenvalue weighted by Crippen LogP contribution is -2.03. The predicted octanol–water partition coefficient (Wildman–Crippen LogP) is 6.09. The summed E-state index contributed by atoms with van der Waals surface area (Å²) in [6, 6.07) is 10.2. The highest BCUT2D eigenvalue weighted by Gasteiger charge is 2.06. The first-order valence-corrected chi connectivity index (χ1v) is 7.88. The average Bonchev–Trinajstić information content (AvgIpc) is 2.32. The van der Waals surface area contributed by atoms with E-state index >= 15 is 0 Å². The molecule has 0 saturated carbocycles. The normalized spacial score (nSPS) is 10.6. The van der Waals surface area contributed by atoms with Gasteiger partial charge in [-0.05, 0) is 70.7 Å². The fourth-order valence-corrected chi connectivity index (χ4v) is 3.41. The van der Waals surface area contributed by atoms with Gasteiger partial charge in [0.25, 0.3) is 0 Å². The van der Waals surface area contributed by atoms with Crippen LogP contribution in [0.15, 0.2) is 39.3 Å². The fraction of sp³-hybridized carbons (Fsp3) is 0.200. The smallest absolute Gasteiger partial charge is 0.0517 e. The molecule has 0 heterocycles. The quantitative estimate of drug-likeness (QED) is 0.653. The summed E-state index contributed by atoms with van der Waals surface area (Å²) in [5.74, 6) is 0. The minimum absolute atomic E-state index is 0.695. The average molecular weight is 404 g/mol. The van der Waals surface area contributed by atoms with Crippen molar-refractivity contribution in [2.24, 2.45) is 0 Å². The lowest BCUT2D eigenvalue weighted by Gasteiger charge is -2.14. The molecule has 2 aromatic carbocycles. The highest BCUT2D eigenvalue weighted by atomic mass is 79.9. The number of rotatable bonds is 3. The molecule has 0 unspecified atom stereocenters. The van der Waals surface area contributed by atoms with Crippen LogP contribution in [0.4, 0.5) is 5.69 Å². The highest BCUT2D eigenvalue weighted by molar-refractivity contribution is 9.10. The summed E-state index contributed by atoms with van der Waals surface area (Å²) in [4.78, 5) is 0. The molecule has 0 atom stereocenters. The third kappa shape index (κ3) is 3.74. The molecule has 0 aliphatic heterocycles. The topological polar surface area (TPSA) is 12.0 Å². The van der Waals surface area contributed by atoms with Crippen molar-refractivity contribution < 1.29 is 0 Å². The van der Waals surface area contributed by atoms with Gasteiger partial charge in [0.15, 0.2) is 0 Å². The van der Waals surface area contributed by atoms with E-state index < -0.39 is 0 Å². The second kappa shape index (κ2) is 6.29. The van der Waals surface area contributed by atoms with Crippen LogP contribution in [0.2, 0.25) is 5.02 Å². The van der Waals surface area contributed by atoms with Crippen molar-refractivity contribution in [2.75, 3.05) is 5.32 Å². The van der Waals surface area contributed by atoms with Crippen LogP contribution in [0.25, 0.3) is 0 Å². The molecule has 0 aliphatic carbocycles. The van der Waals surface area contributed by atoms with Crippen molar-refractivity contribution >= 4 is 49.1 Å². The van der Waals surface area contributed by atoms with Gasteiger partial charge in [0.1, 0.15) is 0 Å². The summed E-state index contributed by atoms with van der Waals surface area (Å²) in [6.07, 6.45) is 0. The number of benzene rings is 2. The van der Waals surface area contributed by atoms with Gasteiger partial charge in [-0.15, -0.1) is 0 Å². The standard InChI is InChI=1S/C15H14Br2ClN/c1-9-5-10(2)15(13(17)6-9)19-8-11-7-12(16)3-4-14(11)18/h3-7,19H,8H2,1-2H3. The van der Waals surface area contributed by atoms with E-state index in [4.69, 9.17) is 11.6 Å². The molecule has 0 aliphatic rings. The van der Waals surface area contributed by atoms with Gasteiger partial charge >= 0.3 is 0 Å². The molecule has 100 valence electrons. The fourth-order valence-electron chi connectivity index (χ4n) is 2.00. The highest BCUT2D eigenvalue weighted by Crippen LogP contribution is 2.29. The van der Waals surface area contributed by atoms with Crippen LogP contribution in [-0.2, 0) is 6.54 Å². The van der Waals surface area contributed by atoms with E-state index in [1.165, 1.54) is 11.1 Å². The Hall–Kier alpha value is -0.510. The zero-order valence-electron chi connectivity index (χ0n) is 10.7. The molecule has 2 rings (SSSR count). The van der Waals surface area contributed by atoms with Crippen LogP contribution in [0.1, 0.15) is 16.7 Å². The summed E-state index contributed by atoms with van der Waals surface area (Å²) in [5, 5.41) is 4.22. The molecule has 1 N–H and O–H groups in total. The van der Waals surface area contributed by atoms with Crippen molar-refractivity contribution in [1.29, 1.82) is 0 Å². The largest absolute Gasteiger partial charge is 0.380 e. The minimum Gasteiger partial charge on any atom is -0.380 e. The van der Waals surface area contributed by atoms with Crippen molar-refractivity contribution in [3.05, 3.63) is 61.0 Å². The maximum absolute atomic E-state index is 6.19. The molecular weight excluding hydrogens is 389 g/mol. The number of aryl methyl sites for hydroxylation is 2. The third-order valence-corrected chi connectivity index (χ3v) is 4.38. The zero-order chi connectivity index (χ0) is 14.0. The number of hydrogen-bond acceptors (Lipinski definition) is 1. The molecule has 0 spiro atoms. The number of anilines is 1. The van der Waals surface area contributed by atoms with Crippen molar-refractivity contribution in [1.82, 2.24) is 0 Å². The second-order valence-corrected chi connectivity index (χ2v) is 6.71. The van der Waals surface area contributed by atoms with Crippen LogP contribution in [0.3, 0.4) is 0 Å².